The fourth-order valence-corrected chi connectivity index (χ4v) is 2.50. The zero-order chi connectivity index (χ0) is 19.1. The summed E-state index contributed by atoms with van der Waals surface area (Å²) in [6, 6.07) is 22.4. The van der Waals surface area contributed by atoms with Gasteiger partial charge in [0.15, 0.2) is 23.4 Å². The molecule has 4 nitrogen and oxygen atoms in total. The Bertz CT molecular complexity index is 899. The Hall–Kier alpha value is -3.34. The van der Waals surface area contributed by atoms with Crippen LogP contribution in [0.1, 0.15) is 13.3 Å². The molecule has 0 unspecified atom stereocenters. The van der Waals surface area contributed by atoms with E-state index in [2.05, 4.69) is 5.32 Å². The molecule has 0 radical (unpaired) electrons. The molecule has 0 saturated heterocycles. The number of amides is 1. The minimum atomic E-state index is -0.827. The first-order chi connectivity index (χ1) is 13.2. The summed E-state index contributed by atoms with van der Waals surface area (Å²) in [6.45, 7) is 1.80. The first kappa shape index (κ1) is 18.5. The molecule has 3 aromatic carbocycles. The van der Waals surface area contributed by atoms with Crippen LogP contribution in [0.25, 0.3) is 0 Å². The van der Waals surface area contributed by atoms with Crippen LogP contribution >= 0.6 is 0 Å². The Morgan fingerprint density at radius 2 is 1.56 bits per heavy atom. The summed E-state index contributed by atoms with van der Waals surface area (Å²) in [5.41, 5.74) is 0.516. The number of para-hydroxylation sites is 4. The van der Waals surface area contributed by atoms with Gasteiger partial charge in [-0.05, 0) is 42.8 Å². The van der Waals surface area contributed by atoms with Crippen LogP contribution in [0.5, 0.6) is 17.2 Å². The first-order valence-corrected chi connectivity index (χ1v) is 8.71. The van der Waals surface area contributed by atoms with Crippen LogP contribution < -0.4 is 14.8 Å². The van der Waals surface area contributed by atoms with Crippen molar-refractivity contribution in [3.63, 3.8) is 0 Å². The van der Waals surface area contributed by atoms with Crippen molar-refractivity contribution in [2.24, 2.45) is 0 Å². The number of anilines is 1. The van der Waals surface area contributed by atoms with Gasteiger partial charge in [-0.1, -0.05) is 49.4 Å². The molecule has 3 aromatic rings. The van der Waals surface area contributed by atoms with Crippen LogP contribution in [0.2, 0.25) is 0 Å². The Morgan fingerprint density at radius 1 is 0.926 bits per heavy atom. The number of hydrogen-bond donors (Lipinski definition) is 1. The van der Waals surface area contributed by atoms with Crippen molar-refractivity contribution in [3.8, 4) is 17.2 Å². The van der Waals surface area contributed by atoms with Gasteiger partial charge in [0.25, 0.3) is 5.91 Å². The highest BCUT2D eigenvalue weighted by Gasteiger charge is 2.21. The first-order valence-electron chi connectivity index (χ1n) is 8.71. The Kier molecular flexibility index (Phi) is 6.05. The van der Waals surface area contributed by atoms with Crippen molar-refractivity contribution in [3.05, 3.63) is 84.7 Å². The summed E-state index contributed by atoms with van der Waals surface area (Å²) in [5.74, 6) is 0.349. The predicted octanol–water partition coefficient (Wildman–Crippen LogP) is 5.41. The van der Waals surface area contributed by atoms with Gasteiger partial charge < -0.3 is 14.8 Å². The van der Waals surface area contributed by atoms with Crippen LogP contribution in [0.3, 0.4) is 0 Å². The number of carbonyl (C=O) groups excluding carboxylic acids is 1. The van der Waals surface area contributed by atoms with E-state index >= 15 is 0 Å². The monoisotopic (exact) mass is 365 g/mol. The van der Waals surface area contributed by atoms with Crippen molar-refractivity contribution >= 4 is 11.6 Å². The van der Waals surface area contributed by atoms with Crippen LogP contribution in [-0.2, 0) is 4.79 Å². The van der Waals surface area contributed by atoms with Crippen LogP contribution in [0.15, 0.2) is 78.9 Å². The molecule has 0 aliphatic carbocycles. The second-order valence-electron chi connectivity index (χ2n) is 5.85. The summed E-state index contributed by atoms with van der Waals surface area (Å²) in [6.07, 6.45) is -0.436. The van der Waals surface area contributed by atoms with Crippen LogP contribution in [-0.4, -0.2) is 12.0 Å². The van der Waals surface area contributed by atoms with Gasteiger partial charge in [-0.25, -0.2) is 4.39 Å². The third-order valence-corrected chi connectivity index (χ3v) is 3.89. The van der Waals surface area contributed by atoms with E-state index in [1.807, 2.05) is 36.4 Å². The number of ether oxygens (including phenoxy) is 2. The van der Waals surface area contributed by atoms with Gasteiger partial charge in [0.1, 0.15) is 5.75 Å². The van der Waals surface area contributed by atoms with E-state index in [4.69, 9.17) is 9.47 Å². The van der Waals surface area contributed by atoms with Gasteiger partial charge in [-0.2, -0.15) is 0 Å². The zero-order valence-corrected chi connectivity index (χ0v) is 14.9. The van der Waals surface area contributed by atoms with E-state index < -0.39 is 11.9 Å². The molecule has 1 atom stereocenters. The van der Waals surface area contributed by atoms with Gasteiger partial charge >= 0.3 is 0 Å². The average molecular weight is 365 g/mol. The molecule has 3 rings (SSSR count). The molecule has 27 heavy (non-hydrogen) atoms. The second-order valence-corrected chi connectivity index (χ2v) is 5.85. The summed E-state index contributed by atoms with van der Waals surface area (Å²) in [5, 5.41) is 2.81. The van der Waals surface area contributed by atoms with E-state index in [9.17, 15) is 9.18 Å². The molecule has 0 fully saturated rings. The lowest BCUT2D eigenvalue weighted by atomic mass is 10.2. The van der Waals surface area contributed by atoms with Crippen molar-refractivity contribution < 1.29 is 18.7 Å². The smallest absolute Gasteiger partial charge is 0.265 e. The Balaban J connectivity index is 1.74. The molecular weight excluding hydrogens is 345 g/mol. The lowest BCUT2D eigenvalue weighted by molar-refractivity contribution is -0.122. The number of rotatable bonds is 7. The number of nitrogens with one attached hydrogen (secondary N) is 1. The highest BCUT2D eigenvalue weighted by Crippen LogP contribution is 2.29. The van der Waals surface area contributed by atoms with E-state index in [-0.39, 0.29) is 11.7 Å². The lowest BCUT2D eigenvalue weighted by Gasteiger charge is -2.19. The third-order valence-electron chi connectivity index (χ3n) is 3.89. The van der Waals surface area contributed by atoms with Gasteiger partial charge in [0.2, 0.25) is 0 Å². The highest BCUT2D eigenvalue weighted by molar-refractivity contribution is 5.95. The molecule has 0 saturated carbocycles. The minimum absolute atomic E-state index is 0.0494. The van der Waals surface area contributed by atoms with Crippen LogP contribution in [0.4, 0.5) is 10.1 Å². The standard InChI is InChI=1S/C22H20FNO3/c1-2-19(27-20-14-8-6-12-17(20)23)22(25)24-18-13-7-9-15-21(18)26-16-10-4-3-5-11-16/h3-15,19H,2H2,1H3,(H,24,25)/t19-/m0/s1. The number of carbonyl (C=O) groups is 1. The SMILES string of the molecule is CC[C@H](Oc1ccccc1F)C(=O)Nc1ccccc1Oc1ccccc1. The third kappa shape index (κ3) is 4.85. The molecule has 1 N–H and O–H groups in total. The zero-order valence-electron chi connectivity index (χ0n) is 14.9. The van der Waals surface area contributed by atoms with E-state index in [0.29, 0.717) is 23.6 Å². The fourth-order valence-electron chi connectivity index (χ4n) is 2.50. The molecule has 0 aromatic heterocycles. The van der Waals surface area contributed by atoms with Gasteiger partial charge in [-0.15, -0.1) is 0 Å². The predicted molar refractivity (Wildman–Crippen MR) is 103 cm³/mol. The van der Waals surface area contributed by atoms with Crippen molar-refractivity contribution in [2.75, 3.05) is 5.32 Å². The molecule has 0 bridgehead atoms. The molecule has 138 valence electrons. The average Bonchev–Trinajstić information content (AvgIpc) is 2.69. The highest BCUT2D eigenvalue weighted by atomic mass is 19.1. The lowest BCUT2D eigenvalue weighted by Crippen LogP contribution is -2.32. The molecule has 0 aliphatic rings. The molecule has 1 amide bonds. The van der Waals surface area contributed by atoms with E-state index in [1.165, 1.54) is 12.1 Å². The number of halogens is 1. The van der Waals surface area contributed by atoms with Crippen molar-refractivity contribution in [2.45, 2.75) is 19.4 Å². The van der Waals surface area contributed by atoms with Crippen LogP contribution in [0, 0.1) is 5.82 Å². The van der Waals surface area contributed by atoms with Crippen molar-refractivity contribution in [1.29, 1.82) is 0 Å². The Morgan fingerprint density at radius 3 is 2.26 bits per heavy atom. The minimum Gasteiger partial charge on any atom is -0.478 e. The molecule has 0 aliphatic heterocycles. The summed E-state index contributed by atoms with van der Waals surface area (Å²) < 4.78 is 25.2. The van der Waals surface area contributed by atoms with Gasteiger partial charge in [0.05, 0.1) is 5.69 Å². The number of benzene rings is 3. The normalized spacial score (nSPS) is 11.5. The summed E-state index contributed by atoms with van der Waals surface area (Å²) in [4.78, 5) is 12.6. The fraction of sp³-hybridized carbons (Fsp3) is 0.136. The van der Waals surface area contributed by atoms with Gasteiger partial charge in [0, 0.05) is 0 Å². The molecule has 5 heteroatoms. The second kappa shape index (κ2) is 8.85. The maximum atomic E-state index is 13.8. The topological polar surface area (TPSA) is 47.6 Å². The van der Waals surface area contributed by atoms with Gasteiger partial charge in [-0.3, -0.25) is 4.79 Å². The Labute approximate surface area is 157 Å². The maximum absolute atomic E-state index is 13.8. The number of hydrogen-bond acceptors (Lipinski definition) is 3. The summed E-state index contributed by atoms with van der Waals surface area (Å²) in [7, 11) is 0. The molecular formula is C22H20FNO3. The maximum Gasteiger partial charge on any atom is 0.265 e. The van der Waals surface area contributed by atoms with E-state index in [0.717, 1.165) is 0 Å². The molecule has 0 spiro atoms. The van der Waals surface area contributed by atoms with Crippen molar-refractivity contribution in [1.82, 2.24) is 0 Å². The van der Waals surface area contributed by atoms with E-state index in [1.54, 1.807) is 37.3 Å². The summed E-state index contributed by atoms with van der Waals surface area (Å²) >= 11 is 0. The molecule has 0 heterocycles. The largest absolute Gasteiger partial charge is 0.478 e. The quantitative estimate of drug-likeness (QED) is 0.609.